The number of ether oxygens (including phenoxy) is 2. The lowest BCUT2D eigenvalue weighted by molar-refractivity contribution is -0.112. The van der Waals surface area contributed by atoms with E-state index in [0.717, 1.165) is 5.56 Å². The predicted octanol–water partition coefficient (Wildman–Crippen LogP) is 3.67. The molecule has 0 heterocycles. The SMILES string of the molecule is C=C(C)C(=O)Nc1cccc(CNC(=O)c2ccc(OC(=O)OCC)cc2)c1. The zero-order valence-corrected chi connectivity index (χ0v) is 15.8. The standard InChI is InChI=1S/C21H22N2O5/c1-4-27-21(26)28-18-10-8-16(9-11-18)20(25)22-13-15-6-5-7-17(12-15)23-19(24)14(2)3/h5-12H,2,4,13H2,1,3H3,(H,22,25)(H,23,24). The highest BCUT2D eigenvalue weighted by atomic mass is 16.7. The van der Waals surface area contributed by atoms with E-state index in [2.05, 4.69) is 21.9 Å². The van der Waals surface area contributed by atoms with Gasteiger partial charge >= 0.3 is 6.16 Å². The maximum Gasteiger partial charge on any atom is 0.513 e. The van der Waals surface area contributed by atoms with Gasteiger partial charge in [0.15, 0.2) is 0 Å². The molecule has 2 rings (SSSR count). The van der Waals surface area contributed by atoms with Gasteiger partial charge in [-0.3, -0.25) is 9.59 Å². The van der Waals surface area contributed by atoms with Gasteiger partial charge in [-0.05, 0) is 55.8 Å². The Morgan fingerprint density at radius 3 is 2.43 bits per heavy atom. The highest BCUT2D eigenvalue weighted by Crippen LogP contribution is 2.14. The van der Waals surface area contributed by atoms with Crippen LogP contribution in [0.5, 0.6) is 5.75 Å². The van der Waals surface area contributed by atoms with E-state index in [1.54, 1.807) is 44.2 Å². The summed E-state index contributed by atoms with van der Waals surface area (Å²) in [7, 11) is 0. The Morgan fingerprint density at radius 2 is 1.79 bits per heavy atom. The van der Waals surface area contributed by atoms with Gasteiger partial charge in [-0.25, -0.2) is 4.79 Å². The fourth-order valence-electron chi connectivity index (χ4n) is 2.20. The molecule has 0 aliphatic rings. The van der Waals surface area contributed by atoms with Gasteiger partial charge in [-0.15, -0.1) is 0 Å². The number of carbonyl (C=O) groups is 3. The molecule has 0 radical (unpaired) electrons. The lowest BCUT2D eigenvalue weighted by Crippen LogP contribution is -2.22. The number of nitrogens with one attached hydrogen (secondary N) is 2. The van der Waals surface area contributed by atoms with Crippen molar-refractivity contribution in [1.29, 1.82) is 0 Å². The van der Waals surface area contributed by atoms with E-state index < -0.39 is 6.16 Å². The number of amides is 2. The second-order valence-corrected chi connectivity index (χ2v) is 5.93. The Morgan fingerprint density at radius 1 is 1.07 bits per heavy atom. The summed E-state index contributed by atoms with van der Waals surface area (Å²) in [6.07, 6.45) is -0.793. The minimum atomic E-state index is -0.793. The first-order valence-corrected chi connectivity index (χ1v) is 8.67. The van der Waals surface area contributed by atoms with Gasteiger partial charge in [0.2, 0.25) is 0 Å². The van der Waals surface area contributed by atoms with Crippen LogP contribution in [0.2, 0.25) is 0 Å². The molecular formula is C21H22N2O5. The Bertz CT molecular complexity index is 875. The van der Waals surface area contributed by atoms with Crippen LogP contribution in [0.1, 0.15) is 29.8 Å². The van der Waals surface area contributed by atoms with E-state index in [-0.39, 0.29) is 30.7 Å². The van der Waals surface area contributed by atoms with Crippen molar-refractivity contribution in [3.05, 3.63) is 71.8 Å². The molecule has 0 unspecified atom stereocenters. The van der Waals surface area contributed by atoms with Crippen LogP contribution in [0, 0.1) is 0 Å². The Hall–Kier alpha value is -3.61. The summed E-state index contributed by atoms with van der Waals surface area (Å²) in [5.41, 5.74) is 2.28. The van der Waals surface area contributed by atoms with Crippen molar-refractivity contribution < 1.29 is 23.9 Å². The molecule has 146 valence electrons. The third-order valence-electron chi connectivity index (χ3n) is 3.61. The summed E-state index contributed by atoms with van der Waals surface area (Å²) in [6.45, 7) is 7.41. The molecule has 7 nitrogen and oxygen atoms in total. The number of hydrogen-bond donors (Lipinski definition) is 2. The number of anilines is 1. The molecule has 0 aliphatic carbocycles. The number of benzene rings is 2. The van der Waals surface area contributed by atoms with E-state index in [1.165, 1.54) is 12.1 Å². The number of rotatable bonds is 7. The van der Waals surface area contributed by atoms with Crippen molar-refractivity contribution in [3.8, 4) is 5.75 Å². The van der Waals surface area contributed by atoms with Gasteiger partial charge < -0.3 is 20.1 Å². The third-order valence-corrected chi connectivity index (χ3v) is 3.61. The van der Waals surface area contributed by atoms with Crippen molar-refractivity contribution in [2.45, 2.75) is 20.4 Å². The largest absolute Gasteiger partial charge is 0.513 e. The molecule has 0 bridgehead atoms. The van der Waals surface area contributed by atoms with Crippen LogP contribution in [-0.4, -0.2) is 24.6 Å². The monoisotopic (exact) mass is 382 g/mol. The van der Waals surface area contributed by atoms with E-state index in [1.807, 2.05) is 6.07 Å². The van der Waals surface area contributed by atoms with Crippen LogP contribution < -0.4 is 15.4 Å². The second-order valence-electron chi connectivity index (χ2n) is 5.93. The maximum atomic E-state index is 12.3. The molecule has 0 saturated carbocycles. The van der Waals surface area contributed by atoms with E-state index >= 15 is 0 Å². The molecule has 0 fully saturated rings. The van der Waals surface area contributed by atoms with E-state index in [4.69, 9.17) is 4.74 Å². The molecule has 2 N–H and O–H groups in total. The highest BCUT2D eigenvalue weighted by Gasteiger charge is 2.09. The van der Waals surface area contributed by atoms with Crippen LogP contribution in [0.15, 0.2) is 60.7 Å². The summed E-state index contributed by atoms with van der Waals surface area (Å²) < 4.78 is 9.63. The molecule has 2 aromatic carbocycles. The molecule has 0 atom stereocenters. The zero-order valence-electron chi connectivity index (χ0n) is 15.8. The topological polar surface area (TPSA) is 93.7 Å². The van der Waals surface area contributed by atoms with E-state index in [0.29, 0.717) is 16.8 Å². The zero-order chi connectivity index (χ0) is 20.5. The maximum absolute atomic E-state index is 12.3. The molecular weight excluding hydrogens is 360 g/mol. The van der Waals surface area contributed by atoms with Gasteiger partial charge in [0.1, 0.15) is 5.75 Å². The lowest BCUT2D eigenvalue weighted by atomic mass is 10.1. The summed E-state index contributed by atoms with van der Waals surface area (Å²) in [5, 5.41) is 5.53. The predicted molar refractivity (Wildman–Crippen MR) is 105 cm³/mol. The summed E-state index contributed by atoms with van der Waals surface area (Å²) >= 11 is 0. The molecule has 28 heavy (non-hydrogen) atoms. The van der Waals surface area contributed by atoms with Gasteiger partial charge in [0, 0.05) is 23.4 Å². The molecule has 0 aromatic heterocycles. The van der Waals surface area contributed by atoms with Gasteiger partial charge in [0.05, 0.1) is 6.61 Å². The van der Waals surface area contributed by atoms with Gasteiger partial charge in [0.25, 0.3) is 11.8 Å². The van der Waals surface area contributed by atoms with Crippen molar-refractivity contribution in [2.24, 2.45) is 0 Å². The summed E-state index contributed by atoms with van der Waals surface area (Å²) in [4.78, 5) is 35.2. The number of carbonyl (C=O) groups excluding carboxylic acids is 3. The molecule has 0 saturated heterocycles. The van der Waals surface area contributed by atoms with Crippen LogP contribution in [0.25, 0.3) is 0 Å². The molecule has 2 aromatic rings. The van der Waals surface area contributed by atoms with Crippen molar-refractivity contribution in [3.63, 3.8) is 0 Å². The first-order chi connectivity index (χ1) is 13.4. The Kier molecular flexibility index (Phi) is 7.33. The third kappa shape index (κ3) is 6.28. The molecule has 2 amide bonds. The molecule has 0 aliphatic heterocycles. The fraction of sp³-hybridized carbons (Fsp3) is 0.190. The first-order valence-electron chi connectivity index (χ1n) is 8.67. The van der Waals surface area contributed by atoms with Crippen molar-refractivity contribution >= 4 is 23.7 Å². The van der Waals surface area contributed by atoms with Gasteiger partial charge in [-0.2, -0.15) is 0 Å². The minimum absolute atomic E-state index is 0.220. The van der Waals surface area contributed by atoms with Gasteiger partial charge in [-0.1, -0.05) is 18.7 Å². The lowest BCUT2D eigenvalue weighted by Gasteiger charge is -2.09. The average molecular weight is 382 g/mol. The minimum Gasteiger partial charge on any atom is -0.434 e. The van der Waals surface area contributed by atoms with Crippen LogP contribution in [-0.2, 0) is 16.1 Å². The molecule has 0 spiro atoms. The normalized spacial score (nSPS) is 9.93. The van der Waals surface area contributed by atoms with E-state index in [9.17, 15) is 14.4 Å². The van der Waals surface area contributed by atoms with Crippen molar-refractivity contribution in [2.75, 3.05) is 11.9 Å². The van der Waals surface area contributed by atoms with Crippen LogP contribution in [0.4, 0.5) is 10.5 Å². The summed E-state index contributed by atoms with van der Waals surface area (Å²) in [5.74, 6) is -0.249. The fourth-order valence-corrected chi connectivity index (χ4v) is 2.20. The number of hydrogen-bond acceptors (Lipinski definition) is 5. The highest BCUT2D eigenvalue weighted by molar-refractivity contribution is 6.02. The smallest absolute Gasteiger partial charge is 0.434 e. The average Bonchev–Trinajstić information content (AvgIpc) is 2.67. The summed E-state index contributed by atoms with van der Waals surface area (Å²) in [6, 6.07) is 13.3. The van der Waals surface area contributed by atoms with Crippen LogP contribution in [0.3, 0.4) is 0 Å². The van der Waals surface area contributed by atoms with Crippen molar-refractivity contribution in [1.82, 2.24) is 5.32 Å². The quantitative estimate of drug-likeness (QED) is 0.433. The Balaban J connectivity index is 1.92. The molecule has 7 heteroatoms. The Labute approximate surface area is 163 Å². The first kappa shape index (κ1) is 20.7. The van der Waals surface area contributed by atoms with Crippen LogP contribution >= 0.6 is 0 Å². The second kappa shape index (κ2) is 9.91.